The van der Waals surface area contributed by atoms with Gasteiger partial charge in [0.2, 0.25) is 5.95 Å². The van der Waals surface area contributed by atoms with E-state index in [1.807, 2.05) is 31.2 Å². The number of methoxy groups -OCH3 is 2. The first-order chi connectivity index (χ1) is 18.5. The number of hydrogen-bond donors (Lipinski definition) is 4. The van der Waals surface area contributed by atoms with Crippen LogP contribution < -0.4 is 25.2 Å². The number of H-pyrrole nitrogens is 1. The fraction of sp³-hybridized carbons (Fsp3) is 0.333. The van der Waals surface area contributed by atoms with Crippen LogP contribution in [0.15, 0.2) is 42.7 Å². The Hall–Kier alpha value is -4.38. The van der Waals surface area contributed by atoms with Crippen molar-refractivity contribution in [3.63, 3.8) is 0 Å². The van der Waals surface area contributed by atoms with Gasteiger partial charge in [-0.2, -0.15) is 0 Å². The summed E-state index contributed by atoms with van der Waals surface area (Å²) in [5, 5.41) is 13.4. The van der Waals surface area contributed by atoms with Crippen LogP contribution in [0.2, 0.25) is 0 Å². The molecule has 3 aromatic heterocycles. The molecule has 0 bridgehead atoms. The molecule has 198 valence electrons. The molecule has 1 saturated heterocycles. The molecule has 1 aromatic carbocycles. The van der Waals surface area contributed by atoms with Crippen molar-refractivity contribution in [1.82, 2.24) is 25.4 Å². The number of carbonyl (C=O) groups excluding carboxylic acids is 1. The number of rotatable bonds is 8. The van der Waals surface area contributed by atoms with E-state index in [2.05, 4.69) is 31.2 Å². The van der Waals surface area contributed by atoms with Crippen LogP contribution in [0.5, 0.6) is 11.5 Å². The Morgan fingerprint density at radius 3 is 2.45 bits per heavy atom. The maximum Gasteiger partial charge on any atom is 0.277 e. The number of ether oxygens (including phenoxy) is 2. The van der Waals surface area contributed by atoms with Crippen LogP contribution in [-0.2, 0) is 0 Å². The second-order valence-corrected chi connectivity index (χ2v) is 9.36. The summed E-state index contributed by atoms with van der Waals surface area (Å²) in [6.07, 6.45) is 4.78. The maximum atomic E-state index is 11.5. The molecule has 1 aliphatic rings. The smallest absolute Gasteiger partial charge is 0.277 e. The van der Waals surface area contributed by atoms with Crippen molar-refractivity contribution in [2.75, 3.05) is 44.1 Å². The molecular formula is C27H31N7O4. The number of piperidine rings is 1. The van der Waals surface area contributed by atoms with Gasteiger partial charge in [-0.15, -0.1) is 0 Å². The molecule has 0 unspecified atom stereocenters. The summed E-state index contributed by atoms with van der Waals surface area (Å²) in [7, 11) is 3.26. The molecule has 1 aliphatic heterocycles. The molecule has 4 heterocycles. The highest BCUT2D eigenvalue weighted by Crippen LogP contribution is 2.37. The molecule has 4 N–H and O–H groups in total. The third kappa shape index (κ3) is 5.18. The van der Waals surface area contributed by atoms with Crippen LogP contribution in [0.25, 0.3) is 22.3 Å². The van der Waals surface area contributed by atoms with Gasteiger partial charge in [0.25, 0.3) is 5.91 Å². The van der Waals surface area contributed by atoms with Crippen LogP contribution in [-0.4, -0.2) is 64.9 Å². The summed E-state index contributed by atoms with van der Waals surface area (Å²) in [4.78, 5) is 30.5. The Morgan fingerprint density at radius 1 is 1.11 bits per heavy atom. The maximum absolute atomic E-state index is 11.5. The lowest BCUT2D eigenvalue weighted by molar-refractivity contribution is 0.0705. The molecule has 0 radical (unpaired) electrons. The van der Waals surface area contributed by atoms with E-state index in [-0.39, 0.29) is 5.56 Å². The minimum Gasteiger partial charge on any atom is -0.493 e. The first-order valence-electron chi connectivity index (χ1n) is 12.5. The highest BCUT2D eigenvalue weighted by molar-refractivity contribution is 5.96. The predicted octanol–water partition coefficient (Wildman–Crippen LogP) is 3.79. The topological polar surface area (TPSA) is 138 Å². The van der Waals surface area contributed by atoms with Gasteiger partial charge in [0.15, 0.2) is 11.5 Å². The first-order valence-corrected chi connectivity index (χ1v) is 12.5. The van der Waals surface area contributed by atoms with Gasteiger partial charge in [0.1, 0.15) is 0 Å². The highest BCUT2D eigenvalue weighted by atomic mass is 16.5. The molecular weight excluding hydrogens is 486 g/mol. The molecule has 38 heavy (non-hydrogen) atoms. The Morgan fingerprint density at radius 2 is 1.82 bits per heavy atom. The lowest BCUT2D eigenvalue weighted by Crippen LogP contribution is -2.37. The number of nitrogens with one attached hydrogen (secondary N) is 3. The Labute approximate surface area is 220 Å². The van der Waals surface area contributed by atoms with Gasteiger partial charge in [0, 0.05) is 54.9 Å². The first kappa shape index (κ1) is 25.3. The van der Waals surface area contributed by atoms with E-state index in [1.165, 1.54) is 12.4 Å². The molecule has 0 aliphatic carbocycles. The Bertz CT molecular complexity index is 1430. The molecule has 1 fully saturated rings. The number of carbonyl (C=O) groups is 1. The number of hydroxylamine groups is 1. The number of hydrogen-bond acceptors (Lipinski definition) is 9. The summed E-state index contributed by atoms with van der Waals surface area (Å²) in [6.45, 7) is 4.45. The molecule has 1 amide bonds. The second-order valence-electron chi connectivity index (χ2n) is 9.36. The quantitative estimate of drug-likeness (QED) is 0.203. The van der Waals surface area contributed by atoms with E-state index in [4.69, 9.17) is 19.7 Å². The van der Waals surface area contributed by atoms with Crippen molar-refractivity contribution < 1.29 is 19.5 Å². The number of aromatic amines is 1. The zero-order valence-corrected chi connectivity index (χ0v) is 21.6. The number of nitrogens with zero attached hydrogens (tertiary/aromatic N) is 4. The minimum absolute atomic E-state index is 0.211. The summed E-state index contributed by atoms with van der Waals surface area (Å²) in [5.41, 5.74) is 6.49. The van der Waals surface area contributed by atoms with Crippen molar-refractivity contribution in [3.05, 3.63) is 54.0 Å². The van der Waals surface area contributed by atoms with Crippen LogP contribution >= 0.6 is 0 Å². The van der Waals surface area contributed by atoms with Crippen molar-refractivity contribution in [2.24, 2.45) is 5.92 Å². The largest absolute Gasteiger partial charge is 0.493 e. The number of anilines is 2. The van der Waals surface area contributed by atoms with Crippen LogP contribution in [0.3, 0.4) is 0 Å². The number of pyridine rings is 1. The predicted molar refractivity (Wildman–Crippen MR) is 144 cm³/mol. The average molecular weight is 518 g/mol. The summed E-state index contributed by atoms with van der Waals surface area (Å²) < 4.78 is 11.1. The van der Waals surface area contributed by atoms with Crippen molar-refractivity contribution in [3.8, 4) is 22.9 Å². The molecule has 5 rings (SSSR count). The van der Waals surface area contributed by atoms with E-state index < -0.39 is 5.91 Å². The van der Waals surface area contributed by atoms with E-state index in [0.29, 0.717) is 23.4 Å². The van der Waals surface area contributed by atoms with Crippen molar-refractivity contribution in [2.45, 2.75) is 19.8 Å². The lowest BCUT2D eigenvalue weighted by atomic mass is 9.96. The van der Waals surface area contributed by atoms with Crippen LogP contribution in [0.4, 0.5) is 11.6 Å². The van der Waals surface area contributed by atoms with Crippen LogP contribution in [0, 0.1) is 12.8 Å². The molecule has 0 atom stereocenters. The van der Waals surface area contributed by atoms with Gasteiger partial charge >= 0.3 is 0 Å². The molecule has 11 nitrogen and oxygen atoms in total. The Kier molecular flexibility index (Phi) is 7.27. The van der Waals surface area contributed by atoms with Gasteiger partial charge in [-0.1, -0.05) is 0 Å². The fourth-order valence-corrected chi connectivity index (χ4v) is 4.75. The van der Waals surface area contributed by atoms with Gasteiger partial charge < -0.3 is 24.7 Å². The number of fused-ring (bicyclic) bond motifs is 1. The number of amides is 1. The van der Waals surface area contributed by atoms with Crippen molar-refractivity contribution >= 4 is 28.4 Å². The third-order valence-corrected chi connectivity index (χ3v) is 6.90. The normalized spacial score (nSPS) is 13.9. The average Bonchev–Trinajstić information content (AvgIpc) is 3.41. The standard InChI is InChI=1S/C27H31N7O4/c1-16-4-5-20(31-16)23-11-21(19-10-24(37-2)25(38-3)12-22(19)32-23)28-13-17-6-8-34(9-7-17)27-29-14-18(15-30-27)26(35)33-36/h4-5,10-12,14-15,17,31,36H,6-9,13H2,1-3H3,(H,28,32)(H,33,35). The summed E-state index contributed by atoms with van der Waals surface area (Å²) in [6, 6.07) is 10.0. The van der Waals surface area contributed by atoms with Gasteiger partial charge in [-0.3, -0.25) is 10.0 Å². The molecule has 0 saturated carbocycles. The minimum atomic E-state index is -0.629. The number of aryl methyl sites for hydroxylation is 1. The van der Waals surface area contributed by atoms with Gasteiger partial charge in [0.05, 0.1) is 36.7 Å². The fourth-order valence-electron chi connectivity index (χ4n) is 4.75. The zero-order valence-electron chi connectivity index (χ0n) is 21.6. The van der Waals surface area contributed by atoms with Gasteiger partial charge in [-0.25, -0.2) is 20.4 Å². The van der Waals surface area contributed by atoms with Gasteiger partial charge in [-0.05, 0) is 49.9 Å². The SMILES string of the molecule is COc1cc2nc(-c3ccc(C)[nH]3)cc(NCC3CCN(c4ncc(C(=O)NO)cn4)CC3)c2cc1OC. The molecule has 4 aromatic rings. The summed E-state index contributed by atoms with van der Waals surface area (Å²) >= 11 is 0. The Balaban J connectivity index is 1.32. The lowest BCUT2D eigenvalue weighted by Gasteiger charge is -2.32. The number of benzene rings is 1. The van der Waals surface area contributed by atoms with Crippen molar-refractivity contribution in [1.29, 1.82) is 0 Å². The molecule has 0 spiro atoms. The monoisotopic (exact) mass is 517 g/mol. The highest BCUT2D eigenvalue weighted by Gasteiger charge is 2.22. The number of aromatic nitrogens is 4. The van der Waals surface area contributed by atoms with E-state index in [1.54, 1.807) is 19.7 Å². The van der Waals surface area contributed by atoms with E-state index >= 15 is 0 Å². The molecule has 11 heteroatoms. The van der Waals surface area contributed by atoms with E-state index in [0.717, 1.165) is 66.1 Å². The zero-order chi connectivity index (χ0) is 26.6. The van der Waals surface area contributed by atoms with E-state index in [9.17, 15) is 4.79 Å². The summed E-state index contributed by atoms with van der Waals surface area (Å²) in [5.74, 6) is 1.71. The van der Waals surface area contributed by atoms with Crippen LogP contribution in [0.1, 0.15) is 28.9 Å². The third-order valence-electron chi connectivity index (χ3n) is 6.90. The second kappa shape index (κ2) is 10.9.